The molecule has 0 amide bonds. The van der Waals surface area contributed by atoms with Crippen LogP contribution in [0.3, 0.4) is 0 Å². The summed E-state index contributed by atoms with van der Waals surface area (Å²) in [7, 11) is 2.00. The van der Waals surface area contributed by atoms with Gasteiger partial charge in [0.2, 0.25) is 0 Å². The van der Waals surface area contributed by atoms with Gasteiger partial charge in [-0.05, 0) is 24.5 Å². The Hall–Kier alpha value is -1.09. The predicted molar refractivity (Wildman–Crippen MR) is 58.4 cm³/mol. The van der Waals surface area contributed by atoms with Gasteiger partial charge in [-0.15, -0.1) is 0 Å². The number of pyridine rings is 1. The topological polar surface area (TPSA) is 36.4 Å². The maximum atomic E-state index is 9.07. The second-order valence-corrected chi connectivity index (χ2v) is 3.53. The molecule has 0 bridgehead atoms. The van der Waals surface area contributed by atoms with E-state index >= 15 is 0 Å². The lowest BCUT2D eigenvalue weighted by atomic mass is 10.1. The molecule has 3 nitrogen and oxygen atoms in total. The second-order valence-electron chi connectivity index (χ2n) is 3.53. The molecule has 1 rings (SSSR count). The number of aliphatic hydroxyl groups is 1. The summed E-state index contributed by atoms with van der Waals surface area (Å²) in [6, 6.07) is 5.85. The smallest absolute Gasteiger partial charge is 0.128 e. The summed E-state index contributed by atoms with van der Waals surface area (Å²) in [5, 5.41) is 9.07. The molecule has 1 heterocycles. The van der Waals surface area contributed by atoms with Crippen molar-refractivity contribution in [3.63, 3.8) is 0 Å². The van der Waals surface area contributed by atoms with Gasteiger partial charge in [0.05, 0.1) is 0 Å². The van der Waals surface area contributed by atoms with E-state index in [1.807, 2.05) is 25.2 Å². The minimum absolute atomic E-state index is 0.244. The molecule has 0 fully saturated rings. The lowest BCUT2D eigenvalue weighted by molar-refractivity contribution is 0.225. The van der Waals surface area contributed by atoms with Gasteiger partial charge in [0.15, 0.2) is 0 Å². The number of rotatable bonds is 5. The van der Waals surface area contributed by atoms with Crippen LogP contribution in [-0.2, 0) is 0 Å². The molecule has 0 aliphatic heterocycles. The number of aliphatic hydroxyl groups excluding tert-OH is 1. The molecule has 1 atom stereocenters. The molecule has 0 saturated heterocycles. The van der Waals surface area contributed by atoms with Crippen molar-refractivity contribution in [1.82, 2.24) is 4.98 Å². The lowest BCUT2D eigenvalue weighted by Gasteiger charge is -2.22. The van der Waals surface area contributed by atoms with E-state index in [4.69, 9.17) is 5.11 Å². The Morgan fingerprint density at radius 2 is 2.29 bits per heavy atom. The molecule has 0 radical (unpaired) electrons. The highest BCUT2D eigenvalue weighted by molar-refractivity contribution is 5.36. The van der Waals surface area contributed by atoms with Crippen molar-refractivity contribution in [2.75, 3.05) is 25.1 Å². The molecule has 78 valence electrons. The monoisotopic (exact) mass is 194 g/mol. The first-order valence-corrected chi connectivity index (χ1v) is 5.01. The van der Waals surface area contributed by atoms with Crippen LogP contribution >= 0.6 is 0 Å². The van der Waals surface area contributed by atoms with E-state index in [9.17, 15) is 0 Å². The van der Waals surface area contributed by atoms with E-state index in [1.165, 1.54) is 0 Å². The average molecular weight is 194 g/mol. The Labute approximate surface area is 85.4 Å². The summed E-state index contributed by atoms with van der Waals surface area (Å²) in [6.45, 7) is 3.19. The number of hydrogen-bond acceptors (Lipinski definition) is 3. The predicted octanol–water partition coefficient (Wildman–Crippen LogP) is 1.54. The summed E-state index contributed by atoms with van der Waals surface area (Å²) >= 11 is 0. The van der Waals surface area contributed by atoms with E-state index in [2.05, 4.69) is 16.8 Å². The van der Waals surface area contributed by atoms with Crippen LogP contribution in [0.25, 0.3) is 0 Å². The van der Waals surface area contributed by atoms with Crippen molar-refractivity contribution < 1.29 is 5.11 Å². The van der Waals surface area contributed by atoms with Gasteiger partial charge < -0.3 is 10.0 Å². The van der Waals surface area contributed by atoms with Crippen LogP contribution in [0.15, 0.2) is 24.4 Å². The van der Waals surface area contributed by atoms with E-state index in [0.717, 1.165) is 18.8 Å². The Morgan fingerprint density at radius 1 is 1.50 bits per heavy atom. The number of nitrogens with zero attached hydrogens (tertiary/aromatic N) is 2. The van der Waals surface area contributed by atoms with Gasteiger partial charge in [0.1, 0.15) is 5.82 Å². The van der Waals surface area contributed by atoms with Crippen molar-refractivity contribution in [2.24, 2.45) is 5.92 Å². The molecule has 14 heavy (non-hydrogen) atoms. The maximum absolute atomic E-state index is 9.07. The molecular weight excluding hydrogens is 176 g/mol. The number of anilines is 1. The van der Waals surface area contributed by atoms with Crippen LogP contribution in [-0.4, -0.2) is 30.3 Å². The summed E-state index contributed by atoms with van der Waals surface area (Å²) < 4.78 is 0. The third kappa shape index (κ3) is 3.00. The zero-order valence-corrected chi connectivity index (χ0v) is 8.85. The minimum atomic E-state index is 0.244. The highest BCUT2D eigenvalue weighted by atomic mass is 16.3. The van der Waals surface area contributed by atoms with Crippen molar-refractivity contribution in [3.8, 4) is 0 Å². The zero-order valence-electron chi connectivity index (χ0n) is 8.85. The van der Waals surface area contributed by atoms with Gasteiger partial charge in [-0.3, -0.25) is 0 Å². The molecular formula is C11H18N2O. The normalized spacial score (nSPS) is 12.5. The number of aromatic nitrogens is 1. The average Bonchev–Trinajstić information content (AvgIpc) is 2.26. The van der Waals surface area contributed by atoms with Gasteiger partial charge in [-0.2, -0.15) is 0 Å². The van der Waals surface area contributed by atoms with Crippen molar-refractivity contribution in [3.05, 3.63) is 24.4 Å². The van der Waals surface area contributed by atoms with Crippen LogP contribution in [0.5, 0.6) is 0 Å². The third-order valence-electron chi connectivity index (χ3n) is 2.41. The highest BCUT2D eigenvalue weighted by Crippen LogP contribution is 2.10. The first-order chi connectivity index (χ1) is 6.77. The Balaban J connectivity index is 2.54. The molecule has 0 saturated carbocycles. The molecule has 0 aliphatic rings. The van der Waals surface area contributed by atoms with Crippen molar-refractivity contribution in [2.45, 2.75) is 13.3 Å². The Bertz CT molecular complexity index is 247. The van der Waals surface area contributed by atoms with Gasteiger partial charge in [-0.1, -0.05) is 13.0 Å². The fraction of sp³-hybridized carbons (Fsp3) is 0.545. The lowest BCUT2D eigenvalue weighted by Crippen LogP contribution is -2.27. The molecule has 1 unspecified atom stereocenters. The molecule has 1 N–H and O–H groups in total. The fourth-order valence-corrected chi connectivity index (χ4v) is 1.38. The second kappa shape index (κ2) is 5.60. The summed E-state index contributed by atoms with van der Waals surface area (Å²) in [5.41, 5.74) is 0. The van der Waals surface area contributed by atoms with Gasteiger partial charge in [0.25, 0.3) is 0 Å². The minimum Gasteiger partial charge on any atom is -0.396 e. The molecule has 3 heteroatoms. The first-order valence-electron chi connectivity index (χ1n) is 5.01. The van der Waals surface area contributed by atoms with Crippen LogP contribution in [0, 0.1) is 5.92 Å². The van der Waals surface area contributed by atoms with E-state index < -0.39 is 0 Å². The maximum Gasteiger partial charge on any atom is 0.128 e. The quantitative estimate of drug-likeness (QED) is 0.772. The van der Waals surface area contributed by atoms with E-state index in [1.54, 1.807) is 6.20 Å². The van der Waals surface area contributed by atoms with Gasteiger partial charge in [0, 0.05) is 26.4 Å². The standard InChI is InChI=1S/C11H18N2O/c1-3-10(9-14)8-13(2)11-6-4-5-7-12-11/h4-7,10,14H,3,8-9H2,1-2H3. The van der Waals surface area contributed by atoms with Crippen LogP contribution in [0.2, 0.25) is 0 Å². The molecule has 1 aromatic heterocycles. The fourth-order valence-electron chi connectivity index (χ4n) is 1.38. The van der Waals surface area contributed by atoms with Gasteiger partial charge >= 0.3 is 0 Å². The van der Waals surface area contributed by atoms with Crippen LogP contribution in [0.4, 0.5) is 5.82 Å². The Kier molecular flexibility index (Phi) is 4.40. The van der Waals surface area contributed by atoms with Crippen LogP contribution in [0.1, 0.15) is 13.3 Å². The SMILES string of the molecule is CCC(CO)CN(C)c1ccccn1. The number of hydrogen-bond donors (Lipinski definition) is 1. The molecule has 1 aromatic rings. The summed E-state index contributed by atoms with van der Waals surface area (Å²) in [6.07, 6.45) is 2.78. The molecule has 0 aromatic carbocycles. The first kappa shape index (κ1) is 11.0. The van der Waals surface area contributed by atoms with E-state index in [0.29, 0.717) is 5.92 Å². The zero-order chi connectivity index (χ0) is 10.4. The van der Waals surface area contributed by atoms with Gasteiger partial charge in [-0.25, -0.2) is 4.98 Å². The third-order valence-corrected chi connectivity index (χ3v) is 2.41. The van der Waals surface area contributed by atoms with Crippen LogP contribution < -0.4 is 4.90 Å². The molecule has 0 aliphatic carbocycles. The summed E-state index contributed by atoms with van der Waals surface area (Å²) in [5.74, 6) is 1.29. The van der Waals surface area contributed by atoms with Crippen molar-refractivity contribution in [1.29, 1.82) is 0 Å². The summed E-state index contributed by atoms with van der Waals surface area (Å²) in [4.78, 5) is 6.32. The van der Waals surface area contributed by atoms with E-state index in [-0.39, 0.29) is 6.61 Å². The highest BCUT2D eigenvalue weighted by Gasteiger charge is 2.09. The largest absolute Gasteiger partial charge is 0.396 e. The van der Waals surface area contributed by atoms with Crippen molar-refractivity contribution >= 4 is 5.82 Å². The molecule has 0 spiro atoms. The Morgan fingerprint density at radius 3 is 2.79 bits per heavy atom.